The minimum atomic E-state index is -0.924. The van der Waals surface area contributed by atoms with E-state index in [1.807, 2.05) is 18.2 Å². The van der Waals surface area contributed by atoms with Crippen molar-refractivity contribution in [2.75, 3.05) is 14.1 Å². The van der Waals surface area contributed by atoms with Crippen LogP contribution in [0.3, 0.4) is 0 Å². The summed E-state index contributed by atoms with van der Waals surface area (Å²) in [6.45, 7) is 1.47. The van der Waals surface area contributed by atoms with E-state index in [0.717, 1.165) is 5.56 Å². The van der Waals surface area contributed by atoms with Gasteiger partial charge in [0.25, 0.3) is 0 Å². The molecule has 0 bridgehead atoms. The third-order valence-corrected chi connectivity index (χ3v) is 3.08. The van der Waals surface area contributed by atoms with E-state index in [1.54, 1.807) is 20.2 Å². The highest BCUT2D eigenvalue weighted by atomic mass is 35.5. The van der Waals surface area contributed by atoms with Gasteiger partial charge in [0, 0.05) is 25.4 Å². The maximum absolute atomic E-state index is 10.9. The number of benzene rings is 1. The Hall–Kier alpha value is -2.45. The van der Waals surface area contributed by atoms with Crippen LogP contribution >= 0.6 is 11.6 Å². The maximum Gasteiger partial charge on any atom is 0.303 e. The molecule has 1 rings (SSSR count). The normalized spacial score (nSPS) is 10.2. The van der Waals surface area contributed by atoms with E-state index in [-0.39, 0.29) is 30.7 Å². The number of halogens is 1. The van der Waals surface area contributed by atoms with E-state index < -0.39 is 5.97 Å². The molecule has 0 spiro atoms. The van der Waals surface area contributed by atoms with E-state index in [9.17, 15) is 19.2 Å². The van der Waals surface area contributed by atoms with E-state index in [2.05, 4.69) is 10.6 Å². The summed E-state index contributed by atoms with van der Waals surface area (Å²) in [7, 11) is 3.31. The molecule has 0 saturated heterocycles. The molecule has 8 nitrogen and oxygen atoms in total. The highest BCUT2D eigenvalue weighted by Gasteiger charge is 2.12. The molecule has 0 aliphatic heterocycles. The van der Waals surface area contributed by atoms with E-state index in [0.29, 0.717) is 17.7 Å². The topological polar surface area (TPSA) is 139 Å². The predicted molar refractivity (Wildman–Crippen MR) is 99.9 cm³/mol. The average Bonchev–Trinajstić information content (AvgIpc) is 2.58. The van der Waals surface area contributed by atoms with Crippen LogP contribution in [0, 0.1) is 0 Å². The SMILES string of the molecule is CNC(C)=O.CN[C@@H](Cc1cccc(Cl)c1)C(N)=O.O=CCCC(=O)O. The standard InChI is InChI=1S/C10H13ClN2O.C4H6O3.C3H7NO/c1-13-9(10(12)14)6-7-3-2-4-8(11)5-7;5-3-1-2-4(6)7;1-3(5)4-2/h2-5,9,13H,6H2,1H3,(H2,12,14);3H,1-2H2,(H,6,7);1-2H3,(H,4,5)/t9-;;/m0../s1. The number of carboxylic acids is 1. The van der Waals surface area contributed by atoms with Gasteiger partial charge in [-0.3, -0.25) is 14.4 Å². The molecule has 0 unspecified atom stereocenters. The number of hydrogen-bond donors (Lipinski definition) is 4. The second-order valence-electron chi connectivity index (χ2n) is 4.98. The Morgan fingerprint density at radius 2 is 1.88 bits per heavy atom. The largest absolute Gasteiger partial charge is 0.481 e. The zero-order valence-corrected chi connectivity index (χ0v) is 15.9. The quantitative estimate of drug-likeness (QED) is 0.509. The summed E-state index contributed by atoms with van der Waals surface area (Å²) in [6, 6.07) is 7.05. The number of likely N-dealkylation sites (N-methyl/N-ethyl adjacent to an activating group) is 1. The lowest BCUT2D eigenvalue weighted by Crippen LogP contribution is -2.40. The molecule has 0 fully saturated rings. The van der Waals surface area contributed by atoms with Gasteiger partial charge in [0.2, 0.25) is 11.8 Å². The van der Waals surface area contributed by atoms with Crippen LogP contribution in [0.15, 0.2) is 24.3 Å². The molecule has 5 N–H and O–H groups in total. The Morgan fingerprint density at radius 3 is 2.19 bits per heavy atom. The summed E-state index contributed by atoms with van der Waals surface area (Å²) in [6.07, 6.45) is 1.22. The van der Waals surface area contributed by atoms with Crippen molar-refractivity contribution in [2.24, 2.45) is 5.73 Å². The van der Waals surface area contributed by atoms with Crippen LogP contribution in [0.1, 0.15) is 25.3 Å². The van der Waals surface area contributed by atoms with Gasteiger partial charge in [-0.1, -0.05) is 23.7 Å². The first-order valence-electron chi connectivity index (χ1n) is 7.72. The lowest BCUT2D eigenvalue weighted by molar-refractivity contribution is -0.137. The van der Waals surface area contributed by atoms with Crippen molar-refractivity contribution < 1.29 is 24.3 Å². The first kappa shape index (κ1) is 25.8. The molecular formula is C17H26ClN3O5. The summed E-state index contributed by atoms with van der Waals surface area (Å²) in [4.78, 5) is 39.7. The van der Waals surface area contributed by atoms with Crippen molar-refractivity contribution >= 4 is 35.7 Å². The van der Waals surface area contributed by atoms with Gasteiger partial charge in [-0.25, -0.2) is 0 Å². The van der Waals surface area contributed by atoms with Gasteiger partial charge in [0.05, 0.1) is 12.5 Å². The summed E-state index contributed by atoms with van der Waals surface area (Å²) in [5, 5.41) is 13.8. The number of carbonyl (C=O) groups excluding carboxylic acids is 3. The zero-order chi connectivity index (χ0) is 20.5. The third kappa shape index (κ3) is 16.4. The van der Waals surface area contributed by atoms with Crippen LogP contribution in [-0.2, 0) is 25.6 Å². The summed E-state index contributed by atoms with van der Waals surface area (Å²) >= 11 is 5.81. The number of carboxylic acid groups (broad SMARTS) is 1. The molecule has 2 amide bonds. The minimum absolute atomic E-state index is 0.00463. The molecule has 1 atom stereocenters. The molecule has 26 heavy (non-hydrogen) atoms. The van der Waals surface area contributed by atoms with Gasteiger partial charge in [-0.05, 0) is 31.2 Å². The monoisotopic (exact) mass is 387 g/mol. The Morgan fingerprint density at radius 1 is 1.31 bits per heavy atom. The third-order valence-electron chi connectivity index (χ3n) is 2.85. The fourth-order valence-corrected chi connectivity index (χ4v) is 1.64. The first-order valence-corrected chi connectivity index (χ1v) is 8.10. The summed E-state index contributed by atoms with van der Waals surface area (Å²) in [5.74, 6) is -1.27. The van der Waals surface area contributed by atoms with E-state index >= 15 is 0 Å². The Bertz CT molecular complexity index is 581. The van der Waals surface area contributed by atoms with Crippen molar-refractivity contribution in [1.29, 1.82) is 0 Å². The van der Waals surface area contributed by atoms with Crippen LogP contribution in [-0.4, -0.2) is 49.3 Å². The predicted octanol–water partition coefficient (Wildman–Crippen LogP) is 0.758. The number of nitrogens with two attached hydrogens (primary N) is 1. The number of rotatable bonds is 7. The van der Waals surface area contributed by atoms with Gasteiger partial charge in [-0.15, -0.1) is 0 Å². The van der Waals surface area contributed by atoms with E-state index in [1.165, 1.54) is 6.92 Å². The molecular weight excluding hydrogens is 362 g/mol. The van der Waals surface area contributed by atoms with Crippen molar-refractivity contribution in [1.82, 2.24) is 10.6 Å². The number of aldehydes is 1. The van der Waals surface area contributed by atoms with Gasteiger partial charge >= 0.3 is 5.97 Å². The minimum Gasteiger partial charge on any atom is -0.481 e. The summed E-state index contributed by atoms with van der Waals surface area (Å²) in [5.41, 5.74) is 6.19. The van der Waals surface area contributed by atoms with Crippen molar-refractivity contribution in [3.63, 3.8) is 0 Å². The van der Waals surface area contributed by atoms with Gasteiger partial charge in [0.1, 0.15) is 6.29 Å². The average molecular weight is 388 g/mol. The van der Waals surface area contributed by atoms with Crippen molar-refractivity contribution in [3.05, 3.63) is 34.9 Å². The number of nitrogens with one attached hydrogen (secondary N) is 2. The second-order valence-corrected chi connectivity index (χ2v) is 5.42. The smallest absolute Gasteiger partial charge is 0.303 e. The number of primary amides is 1. The number of hydrogen-bond acceptors (Lipinski definition) is 5. The highest BCUT2D eigenvalue weighted by molar-refractivity contribution is 6.30. The van der Waals surface area contributed by atoms with Crippen molar-refractivity contribution in [3.8, 4) is 0 Å². The van der Waals surface area contributed by atoms with Crippen LogP contribution in [0.2, 0.25) is 5.02 Å². The maximum atomic E-state index is 10.9. The van der Waals surface area contributed by atoms with Crippen molar-refractivity contribution in [2.45, 2.75) is 32.2 Å². The van der Waals surface area contributed by atoms with E-state index in [4.69, 9.17) is 22.4 Å². The molecule has 146 valence electrons. The molecule has 0 radical (unpaired) electrons. The van der Waals surface area contributed by atoms with Crippen LogP contribution < -0.4 is 16.4 Å². The Labute approximate surface area is 158 Å². The molecule has 0 aliphatic carbocycles. The van der Waals surface area contributed by atoms with Crippen LogP contribution in [0.4, 0.5) is 0 Å². The molecule has 0 heterocycles. The summed E-state index contributed by atoms with van der Waals surface area (Å²) < 4.78 is 0. The fourth-order valence-electron chi connectivity index (χ4n) is 1.43. The molecule has 0 saturated carbocycles. The Kier molecular flexibility index (Phi) is 15.9. The Balaban J connectivity index is 0. The molecule has 0 aliphatic rings. The number of carbonyl (C=O) groups is 4. The van der Waals surface area contributed by atoms with Crippen LogP contribution in [0.5, 0.6) is 0 Å². The number of amides is 2. The second kappa shape index (κ2) is 16.0. The first-order chi connectivity index (χ1) is 12.2. The van der Waals surface area contributed by atoms with Crippen LogP contribution in [0.25, 0.3) is 0 Å². The molecule has 9 heteroatoms. The fraction of sp³-hybridized carbons (Fsp3) is 0.412. The molecule has 1 aromatic carbocycles. The lowest BCUT2D eigenvalue weighted by atomic mass is 10.1. The van der Waals surface area contributed by atoms with Gasteiger partial charge in [-0.2, -0.15) is 0 Å². The zero-order valence-electron chi connectivity index (χ0n) is 15.1. The molecule has 1 aromatic rings. The lowest BCUT2D eigenvalue weighted by Gasteiger charge is -2.11. The van der Waals surface area contributed by atoms with Gasteiger partial charge in [0.15, 0.2) is 0 Å². The highest BCUT2D eigenvalue weighted by Crippen LogP contribution is 2.12. The van der Waals surface area contributed by atoms with Gasteiger partial charge < -0.3 is 26.3 Å². The molecule has 0 aromatic heterocycles. The number of aliphatic carboxylic acids is 1.